The summed E-state index contributed by atoms with van der Waals surface area (Å²) in [5.74, 6) is 0. The van der Waals surface area contributed by atoms with E-state index in [9.17, 15) is 5.11 Å². The first-order chi connectivity index (χ1) is 9.67. The van der Waals surface area contributed by atoms with Gasteiger partial charge in [0.05, 0.1) is 16.8 Å². The smallest absolute Gasteiger partial charge is 0.0870 e. The number of benzene rings is 1. The molecular weight excluding hydrogens is 250 g/mol. The van der Waals surface area contributed by atoms with Gasteiger partial charge in [0.15, 0.2) is 0 Å². The van der Waals surface area contributed by atoms with Crippen molar-refractivity contribution in [3.05, 3.63) is 30.0 Å². The summed E-state index contributed by atoms with van der Waals surface area (Å²) in [5, 5.41) is 16.9. The Morgan fingerprint density at radius 2 is 2.20 bits per heavy atom. The van der Waals surface area contributed by atoms with E-state index in [0.717, 1.165) is 37.1 Å². The van der Waals surface area contributed by atoms with Crippen molar-refractivity contribution >= 4 is 10.9 Å². The summed E-state index contributed by atoms with van der Waals surface area (Å²) >= 11 is 0. The van der Waals surface area contributed by atoms with Crippen molar-refractivity contribution in [2.45, 2.75) is 37.3 Å². The number of fused-ring (bicyclic) bond motifs is 2. The van der Waals surface area contributed by atoms with Crippen LogP contribution in [0.25, 0.3) is 10.9 Å². The number of hydrogen-bond donors (Lipinski definition) is 1. The predicted molar refractivity (Wildman–Crippen MR) is 78.6 cm³/mol. The van der Waals surface area contributed by atoms with Crippen molar-refractivity contribution < 1.29 is 5.11 Å². The number of para-hydroxylation sites is 1. The molecule has 1 aromatic heterocycles. The van der Waals surface area contributed by atoms with Gasteiger partial charge in [-0.15, -0.1) is 0 Å². The monoisotopic (exact) mass is 271 g/mol. The zero-order chi connectivity index (χ0) is 13.7. The molecule has 4 rings (SSSR count). The zero-order valence-electron chi connectivity index (χ0n) is 11.9. The van der Waals surface area contributed by atoms with Crippen LogP contribution in [0.3, 0.4) is 0 Å². The number of aliphatic hydroxyl groups is 1. The molecule has 2 fully saturated rings. The number of aromatic nitrogens is 2. The Kier molecular flexibility index (Phi) is 2.66. The Morgan fingerprint density at radius 3 is 3.10 bits per heavy atom. The van der Waals surface area contributed by atoms with Gasteiger partial charge in [-0.25, -0.2) is 0 Å². The maximum atomic E-state index is 11.1. The molecule has 0 spiro atoms. The first kappa shape index (κ1) is 12.4. The lowest BCUT2D eigenvalue weighted by Crippen LogP contribution is -2.43. The van der Waals surface area contributed by atoms with E-state index in [0.29, 0.717) is 12.5 Å². The summed E-state index contributed by atoms with van der Waals surface area (Å²) in [5.41, 5.74) is 1.60. The minimum Gasteiger partial charge on any atom is -0.388 e. The molecule has 0 amide bonds. The minimum atomic E-state index is -0.590. The van der Waals surface area contributed by atoms with Gasteiger partial charge in [-0.3, -0.25) is 9.58 Å². The zero-order valence-corrected chi connectivity index (χ0v) is 11.9. The van der Waals surface area contributed by atoms with Crippen molar-refractivity contribution in [3.63, 3.8) is 0 Å². The van der Waals surface area contributed by atoms with E-state index in [1.165, 1.54) is 11.8 Å². The highest BCUT2D eigenvalue weighted by atomic mass is 16.3. The Morgan fingerprint density at radius 1 is 1.35 bits per heavy atom. The van der Waals surface area contributed by atoms with Crippen molar-refractivity contribution in [2.75, 3.05) is 13.1 Å². The summed E-state index contributed by atoms with van der Waals surface area (Å²) in [4.78, 5) is 2.45. The van der Waals surface area contributed by atoms with Gasteiger partial charge in [0.25, 0.3) is 0 Å². The van der Waals surface area contributed by atoms with Crippen LogP contribution in [0, 0.1) is 0 Å². The van der Waals surface area contributed by atoms with E-state index in [2.05, 4.69) is 22.1 Å². The average Bonchev–Trinajstić information content (AvgIpc) is 3.10. The van der Waals surface area contributed by atoms with Crippen LogP contribution in [0.5, 0.6) is 0 Å². The fraction of sp³-hybridized carbons (Fsp3) is 0.562. The molecule has 20 heavy (non-hydrogen) atoms. The number of rotatable bonds is 2. The van der Waals surface area contributed by atoms with E-state index in [1.807, 2.05) is 23.9 Å². The number of nitrogens with zero attached hydrogens (tertiary/aromatic N) is 3. The molecule has 4 heteroatoms. The highest BCUT2D eigenvalue weighted by Gasteiger charge is 2.48. The summed E-state index contributed by atoms with van der Waals surface area (Å²) in [6.45, 7) is 2.18. The van der Waals surface area contributed by atoms with E-state index in [-0.39, 0.29) is 0 Å². The fourth-order valence-electron chi connectivity index (χ4n) is 4.12. The van der Waals surface area contributed by atoms with E-state index >= 15 is 0 Å². The van der Waals surface area contributed by atoms with Crippen LogP contribution >= 0.6 is 0 Å². The molecular formula is C16H21N3O. The quantitative estimate of drug-likeness (QED) is 0.904. The Balaban J connectivity index is 1.71. The molecule has 2 aromatic rings. The van der Waals surface area contributed by atoms with Crippen LogP contribution in [-0.2, 0) is 13.5 Å². The van der Waals surface area contributed by atoms with E-state index in [4.69, 9.17) is 0 Å². The third kappa shape index (κ3) is 1.71. The fourth-order valence-corrected chi connectivity index (χ4v) is 4.12. The summed E-state index contributed by atoms with van der Waals surface area (Å²) in [7, 11) is 1.98. The second-order valence-electron chi connectivity index (χ2n) is 6.31. The van der Waals surface area contributed by atoms with Gasteiger partial charge >= 0.3 is 0 Å². The number of aryl methyl sites for hydroxylation is 1. The van der Waals surface area contributed by atoms with Crippen molar-refractivity contribution in [2.24, 2.45) is 7.05 Å². The van der Waals surface area contributed by atoms with Crippen molar-refractivity contribution in [1.29, 1.82) is 0 Å². The molecule has 0 saturated carbocycles. The maximum absolute atomic E-state index is 11.1. The van der Waals surface area contributed by atoms with Crippen molar-refractivity contribution in [1.82, 2.24) is 14.7 Å². The predicted octanol–water partition coefficient (Wildman–Crippen LogP) is 1.71. The first-order valence-electron chi connectivity index (χ1n) is 7.54. The lowest BCUT2D eigenvalue weighted by Gasteiger charge is -2.29. The van der Waals surface area contributed by atoms with Gasteiger partial charge in [0.1, 0.15) is 0 Å². The number of hydrogen-bond acceptors (Lipinski definition) is 3. The molecule has 2 saturated heterocycles. The standard InChI is InChI=1S/C16H21N3O/c1-18-14-6-3-2-5-12(14)13(17-18)11-16(20)8-10-19-9-4-7-15(16)19/h2-3,5-6,15,20H,4,7-11H2,1H3. The third-order valence-corrected chi connectivity index (χ3v) is 5.12. The van der Waals surface area contributed by atoms with Gasteiger partial charge in [-0.1, -0.05) is 18.2 Å². The van der Waals surface area contributed by atoms with Crippen molar-refractivity contribution in [3.8, 4) is 0 Å². The topological polar surface area (TPSA) is 41.3 Å². The molecule has 1 N–H and O–H groups in total. The summed E-state index contributed by atoms with van der Waals surface area (Å²) in [6, 6.07) is 8.63. The average molecular weight is 271 g/mol. The second-order valence-corrected chi connectivity index (χ2v) is 6.31. The van der Waals surface area contributed by atoms with Crippen LogP contribution in [0.2, 0.25) is 0 Å². The van der Waals surface area contributed by atoms with Gasteiger partial charge in [0, 0.05) is 31.4 Å². The van der Waals surface area contributed by atoms with Crippen LogP contribution in [0.4, 0.5) is 0 Å². The van der Waals surface area contributed by atoms with Gasteiger partial charge in [0.2, 0.25) is 0 Å². The SMILES string of the molecule is Cn1nc(CC2(O)CCN3CCCC32)c2ccccc21. The van der Waals surface area contributed by atoms with Gasteiger partial charge in [-0.05, 0) is 31.9 Å². The van der Waals surface area contributed by atoms with Crippen LogP contribution in [0.1, 0.15) is 25.0 Å². The first-order valence-corrected chi connectivity index (χ1v) is 7.54. The lowest BCUT2D eigenvalue weighted by molar-refractivity contribution is 0.0134. The molecule has 1 aromatic carbocycles. The highest BCUT2D eigenvalue weighted by Crippen LogP contribution is 2.38. The maximum Gasteiger partial charge on any atom is 0.0870 e. The molecule has 2 atom stereocenters. The Labute approximate surface area is 119 Å². The highest BCUT2D eigenvalue weighted by molar-refractivity contribution is 5.82. The van der Waals surface area contributed by atoms with Crippen LogP contribution in [0.15, 0.2) is 24.3 Å². The largest absolute Gasteiger partial charge is 0.388 e. The lowest BCUT2D eigenvalue weighted by atomic mass is 9.87. The normalized spacial score (nSPS) is 30.2. The third-order valence-electron chi connectivity index (χ3n) is 5.12. The molecule has 0 bridgehead atoms. The van der Waals surface area contributed by atoms with E-state index < -0.39 is 5.60 Å². The Bertz CT molecular complexity index is 650. The molecule has 4 nitrogen and oxygen atoms in total. The molecule has 0 aliphatic carbocycles. The summed E-state index contributed by atoms with van der Waals surface area (Å²) in [6.07, 6.45) is 3.90. The minimum absolute atomic E-state index is 0.336. The molecule has 2 unspecified atom stereocenters. The molecule has 2 aliphatic heterocycles. The molecule has 2 aliphatic rings. The molecule has 0 radical (unpaired) electrons. The van der Waals surface area contributed by atoms with Gasteiger partial charge in [-0.2, -0.15) is 5.10 Å². The van der Waals surface area contributed by atoms with Gasteiger partial charge < -0.3 is 5.11 Å². The second kappa shape index (κ2) is 4.30. The molecule has 3 heterocycles. The summed E-state index contributed by atoms with van der Waals surface area (Å²) < 4.78 is 1.93. The van der Waals surface area contributed by atoms with Crippen LogP contribution in [-0.4, -0.2) is 44.5 Å². The van der Waals surface area contributed by atoms with Crippen LogP contribution < -0.4 is 0 Å². The molecule has 106 valence electrons. The van der Waals surface area contributed by atoms with E-state index in [1.54, 1.807) is 0 Å². The Hall–Kier alpha value is -1.39.